The zero-order valence-electron chi connectivity index (χ0n) is 14.6. The number of ether oxygens (including phenoxy) is 3. The first kappa shape index (κ1) is 17.2. The van der Waals surface area contributed by atoms with Crippen LogP contribution in [0, 0.1) is 11.8 Å². The van der Waals surface area contributed by atoms with Gasteiger partial charge < -0.3 is 35.1 Å². The number of hydrogen-bond acceptors (Lipinski definition) is 7. The van der Waals surface area contributed by atoms with Crippen LogP contribution in [0.25, 0.3) is 12.3 Å². The SMILES string of the molecule is C=c1c(O)c2c(c(O)c1OC)=C(OC(N)=O)[C@@]1(OC)[C@@H](C)[C@@H](C)CN21. The number of benzene rings is 1. The number of primary amides is 1. The highest BCUT2D eigenvalue weighted by Gasteiger charge is 2.60. The molecule has 2 heterocycles. The van der Waals surface area contributed by atoms with Crippen molar-refractivity contribution in [2.75, 3.05) is 25.7 Å². The topological polar surface area (TPSA) is 114 Å². The van der Waals surface area contributed by atoms with Crippen LogP contribution in [0.4, 0.5) is 10.5 Å². The molecular weight excluding hydrogens is 328 g/mol. The number of phenols is 2. The maximum absolute atomic E-state index is 11.5. The molecule has 1 aromatic rings. The van der Waals surface area contributed by atoms with Crippen LogP contribution < -0.4 is 25.8 Å². The molecule has 25 heavy (non-hydrogen) atoms. The molecule has 0 aliphatic carbocycles. The number of phenolic OH excluding ortho intramolecular Hbond substituents is 2. The molecule has 1 aromatic carbocycles. The summed E-state index contributed by atoms with van der Waals surface area (Å²) in [5.41, 5.74) is 4.36. The number of carbonyl (C=O) groups excluding carboxylic acids is 1. The van der Waals surface area contributed by atoms with E-state index in [0.717, 1.165) is 0 Å². The first-order valence-electron chi connectivity index (χ1n) is 7.87. The van der Waals surface area contributed by atoms with E-state index in [2.05, 4.69) is 6.58 Å². The van der Waals surface area contributed by atoms with Gasteiger partial charge in [0.05, 0.1) is 23.2 Å². The van der Waals surface area contributed by atoms with Crippen LogP contribution in [0.2, 0.25) is 0 Å². The number of anilines is 1. The van der Waals surface area contributed by atoms with Gasteiger partial charge in [-0.05, 0) is 5.92 Å². The second-order valence-corrected chi connectivity index (χ2v) is 6.46. The number of rotatable bonds is 3. The van der Waals surface area contributed by atoms with Crippen LogP contribution in [0.3, 0.4) is 0 Å². The van der Waals surface area contributed by atoms with E-state index in [1.54, 1.807) is 4.90 Å². The second-order valence-electron chi connectivity index (χ2n) is 6.46. The minimum atomic E-state index is -1.18. The lowest BCUT2D eigenvalue weighted by Crippen LogP contribution is -2.49. The van der Waals surface area contributed by atoms with Crippen molar-refractivity contribution >= 4 is 24.1 Å². The molecule has 0 spiro atoms. The molecule has 8 nitrogen and oxygen atoms in total. The number of hydrogen-bond donors (Lipinski definition) is 3. The molecule has 136 valence electrons. The predicted octanol–water partition coefficient (Wildman–Crippen LogP) is 0.169. The highest BCUT2D eigenvalue weighted by atomic mass is 16.6. The molecule has 1 saturated heterocycles. The van der Waals surface area contributed by atoms with E-state index in [1.165, 1.54) is 14.2 Å². The van der Waals surface area contributed by atoms with Crippen molar-refractivity contribution < 1.29 is 29.2 Å². The Morgan fingerprint density at radius 3 is 2.48 bits per heavy atom. The quantitative estimate of drug-likeness (QED) is 0.666. The summed E-state index contributed by atoms with van der Waals surface area (Å²) < 4.78 is 16.2. The fraction of sp³-hybridized carbons (Fsp3) is 0.471. The van der Waals surface area contributed by atoms with Crippen molar-refractivity contribution in [1.29, 1.82) is 0 Å². The summed E-state index contributed by atoms with van der Waals surface area (Å²) in [4.78, 5) is 13.3. The third-order valence-electron chi connectivity index (χ3n) is 5.36. The Labute approximate surface area is 144 Å². The van der Waals surface area contributed by atoms with E-state index in [9.17, 15) is 15.0 Å². The molecule has 2 aliphatic heterocycles. The van der Waals surface area contributed by atoms with Crippen molar-refractivity contribution in [3.05, 3.63) is 10.4 Å². The Hall–Kier alpha value is -2.61. The lowest BCUT2D eigenvalue weighted by atomic mass is 9.89. The van der Waals surface area contributed by atoms with Crippen LogP contribution >= 0.6 is 0 Å². The highest BCUT2D eigenvalue weighted by molar-refractivity contribution is 5.85. The number of nitrogens with two attached hydrogens (primary N) is 1. The molecular formula is C17H22N2O6. The number of fused-ring (bicyclic) bond motifs is 3. The molecule has 0 bridgehead atoms. The summed E-state index contributed by atoms with van der Waals surface area (Å²) in [6, 6.07) is 0. The van der Waals surface area contributed by atoms with Gasteiger partial charge in [0.25, 0.3) is 0 Å². The maximum atomic E-state index is 11.5. The number of aromatic hydroxyl groups is 2. The molecule has 3 atom stereocenters. The minimum absolute atomic E-state index is 0.00468. The van der Waals surface area contributed by atoms with Crippen LogP contribution in [0.1, 0.15) is 13.8 Å². The monoisotopic (exact) mass is 350 g/mol. The largest absolute Gasteiger partial charge is 0.505 e. The number of methoxy groups -OCH3 is 2. The van der Waals surface area contributed by atoms with E-state index in [0.29, 0.717) is 6.54 Å². The van der Waals surface area contributed by atoms with Crippen LogP contribution in [0.15, 0.2) is 0 Å². The lowest BCUT2D eigenvalue weighted by Gasteiger charge is -2.37. The third-order valence-corrected chi connectivity index (χ3v) is 5.36. The number of carbonyl (C=O) groups is 1. The molecule has 2 aliphatic rings. The van der Waals surface area contributed by atoms with E-state index < -0.39 is 11.8 Å². The van der Waals surface area contributed by atoms with Gasteiger partial charge in [-0.2, -0.15) is 0 Å². The number of amides is 1. The normalized spacial score (nSPS) is 27.2. The van der Waals surface area contributed by atoms with Crippen molar-refractivity contribution in [3.8, 4) is 17.2 Å². The van der Waals surface area contributed by atoms with Gasteiger partial charge in [0.1, 0.15) is 5.75 Å². The van der Waals surface area contributed by atoms with Gasteiger partial charge in [-0.15, -0.1) is 0 Å². The molecule has 1 fully saturated rings. The average Bonchev–Trinajstić information content (AvgIpc) is 2.96. The Bertz CT molecular complexity index is 867. The van der Waals surface area contributed by atoms with E-state index in [1.807, 2.05) is 13.8 Å². The first-order chi connectivity index (χ1) is 11.7. The van der Waals surface area contributed by atoms with Gasteiger partial charge in [0, 0.05) is 19.6 Å². The van der Waals surface area contributed by atoms with Crippen molar-refractivity contribution in [2.45, 2.75) is 19.6 Å². The van der Waals surface area contributed by atoms with E-state index >= 15 is 0 Å². The summed E-state index contributed by atoms with van der Waals surface area (Å²) in [6.07, 6.45) is -1.04. The Morgan fingerprint density at radius 2 is 1.96 bits per heavy atom. The van der Waals surface area contributed by atoms with Gasteiger partial charge in [0.2, 0.25) is 5.72 Å². The van der Waals surface area contributed by atoms with Crippen LogP contribution in [-0.2, 0) is 9.47 Å². The second kappa shape index (κ2) is 5.45. The molecule has 4 N–H and O–H groups in total. The predicted molar refractivity (Wildman–Crippen MR) is 90.6 cm³/mol. The molecule has 8 heteroatoms. The summed E-state index contributed by atoms with van der Waals surface area (Å²) in [5.74, 6) is -0.373. The minimum Gasteiger partial charge on any atom is -0.505 e. The van der Waals surface area contributed by atoms with Gasteiger partial charge in [0.15, 0.2) is 17.3 Å². The van der Waals surface area contributed by atoms with E-state index in [-0.39, 0.29) is 51.0 Å². The Balaban J connectivity index is 2.49. The summed E-state index contributed by atoms with van der Waals surface area (Å²) in [5, 5.41) is 21.7. The Kier molecular flexibility index (Phi) is 3.75. The molecule has 0 saturated carbocycles. The lowest BCUT2D eigenvalue weighted by molar-refractivity contribution is -0.00769. The summed E-state index contributed by atoms with van der Waals surface area (Å²) >= 11 is 0. The van der Waals surface area contributed by atoms with E-state index in [4.69, 9.17) is 19.9 Å². The zero-order valence-corrected chi connectivity index (χ0v) is 14.6. The van der Waals surface area contributed by atoms with Crippen molar-refractivity contribution in [3.63, 3.8) is 0 Å². The van der Waals surface area contributed by atoms with Crippen molar-refractivity contribution in [2.24, 2.45) is 17.6 Å². The Morgan fingerprint density at radius 1 is 1.32 bits per heavy atom. The average molecular weight is 350 g/mol. The highest BCUT2D eigenvalue weighted by Crippen LogP contribution is 2.52. The number of nitrogens with zero attached hydrogens (tertiary/aromatic N) is 1. The first-order valence-corrected chi connectivity index (χ1v) is 7.87. The van der Waals surface area contributed by atoms with Crippen LogP contribution in [0.5, 0.6) is 17.2 Å². The molecule has 3 rings (SSSR count). The van der Waals surface area contributed by atoms with Crippen molar-refractivity contribution in [1.82, 2.24) is 0 Å². The van der Waals surface area contributed by atoms with Gasteiger partial charge in [-0.1, -0.05) is 20.4 Å². The zero-order chi connectivity index (χ0) is 18.7. The smallest absolute Gasteiger partial charge is 0.409 e. The fourth-order valence-corrected chi connectivity index (χ4v) is 4.03. The van der Waals surface area contributed by atoms with Gasteiger partial charge in [-0.25, -0.2) is 4.79 Å². The molecule has 0 radical (unpaired) electrons. The molecule has 0 aromatic heterocycles. The molecule has 1 amide bonds. The summed E-state index contributed by atoms with van der Waals surface area (Å²) in [7, 11) is 2.82. The summed E-state index contributed by atoms with van der Waals surface area (Å²) in [6.45, 7) is 8.26. The van der Waals surface area contributed by atoms with Gasteiger partial charge >= 0.3 is 6.09 Å². The third kappa shape index (κ3) is 1.94. The fourth-order valence-electron chi connectivity index (χ4n) is 4.03. The standard InChI is InChI=1S/C17H22N2O6/c1-7-6-19-11-10(13(21)14(23-4)8(2)12(11)20)15(25-16(18)22)17(19,24-5)9(7)3/h7,9,20-21H,2,6H2,1,3-5H3,(H2,18,22)/t7-,9-,17-/m0/s1. The van der Waals surface area contributed by atoms with Gasteiger partial charge in [-0.3, -0.25) is 0 Å². The molecule has 0 unspecified atom stereocenters. The maximum Gasteiger partial charge on any atom is 0.409 e. The van der Waals surface area contributed by atoms with Crippen LogP contribution in [-0.4, -0.2) is 42.8 Å².